The first-order chi connectivity index (χ1) is 20.4. The number of hydrogen-bond acceptors (Lipinski definition) is 11. The van der Waals surface area contributed by atoms with E-state index in [1.54, 1.807) is 0 Å². The summed E-state index contributed by atoms with van der Waals surface area (Å²) in [5.74, 6) is -0.153. The van der Waals surface area contributed by atoms with Gasteiger partial charge < -0.3 is 40.1 Å². The molecule has 0 aromatic carbocycles. The second kappa shape index (κ2) is 12.5. The van der Waals surface area contributed by atoms with Gasteiger partial charge in [-0.15, -0.1) is 0 Å². The van der Waals surface area contributed by atoms with E-state index in [9.17, 15) is 39.1 Å². The van der Waals surface area contributed by atoms with E-state index in [0.717, 1.165) is 25.7 Å². The van der Waals surface area contributed by atoms with Gasteiger partial charge in [-0.2, -0.15) is 8.42 Å². The van der Waals surface area contributed by atoms with E-state index in [2.05, 4.69) is 25.0 Å². The van der Waals surface area contributed by atoms with Gasteiger partial charge in [-0.05, 0) is 92.3 Å². The fraction of sp³-hybridized carbons (Fsp3) is 1.00. The van der Waals surface area contributed by atoms with E-state index < -0.39 is 65.5 Å². The zero-order chi connectivity index (χ0) is 32.4. The Kier molecular flexibility index (Phi) is 9.94. The Balaban J connectivity index is 1.23. The molecule has 7 N–H and O–H groups in total. The Morgan fingerprint density at radius 2 is 1.64 bits per heavy atom. The molecule has 3 unspecified atom stereocenters. The molecule has 0 amide bonds. The monoisotopic (exact) mass is 650 g/mol. The largest absolute Gasteiger partial charge is 0.397 e. The summed E-state index contributed by atoms with van der Waals surface area (Å²) in [6.45, 7) is 8.07. The number of rotatable bonds is 9. The lowest BCUT2D eigenvalue weighted by Gasteiger charge is -2.66. The molecule has 1 aliphatic heterocycles. The molecule has 0 aromatic rings. The molecule has 16 atom stereocenters. The predicted octanol–water partition coefficient (Wildman–Crippen LogP) is 1.54. The fourth-order valence-electron chi connectivity index (χ4n) is 10.7. The Labute approximate surface area is 261 Å². The van der Waals surface area contributed by atoms with Gasteiger partial charge in [-0.3, -0.25) is 4.55 Å². The van der Waals surface area contributed by atoms with E-state index >= 15 is 0 Å². The third-order valence-corrected chi connectivity index (χ3v) is 13.3. The predicted molar refractivity (Wildman–Crippen MR) is 157 cm³/mol. The highest BCUT2D eigenvalue weighted by Gasteiger charge is 2.70. The van der Waals surface area contributed by atoms with Gasteiger partial charge in [0.1, 0.15) is 18.3 Å². The molecule has 44 heavy (non-hydrogen) atoms. The molecule has 0 radical (unpaired) electrons. The number of hydrogen-bond donors (Lipinski definition) is 7. The Hall–Kier alpha value is -0.450. The molecule has 0 spiro atoms. The van der Waals surface area contributed by atoms with Crippen molar-refractivity contribution in [3.8, 4) is 0 Å². The Morgan fingerprint density at radius 3 is 2.30 bits per heavy atom. The van der Waals surface area contributed by atoms with E-state index in [0.29, 0.717) is 32.1 Å². The van der Waals surface area contributed by atoms with Crippen LogP contribution in [0.5, 0.6) is 0 Å². The average molecular weight is 651 g/mol. The molecule has 0 aromatic heterocycles. The molecule has 1 heterocycles. The molecule has 5 aliphatic rings. The molecule has 0 bridgehead atoms. The second-order valence-electron chi connectivity index (χ2n) is 15.3. The first-order valence-corrected chi connectivity index (χ1v) is 17.9. The molecule has 4 aliphatic carbocycles. The molecular weight excluding hydrogens is 596 g/mol. The van der Waals surface area contributed by atoms with Crippen LogP contribution in [0.15, 0.2) is 0 Å². The number of aliphatic hydroxyl groups is 6. The lowest BCUT2D eigenvalue weighted by atomic mass is 9.42. The van der Waals surface area contributed by atoms with Gasteiger partial charge in [-0.1, -0.05) is 27.7 Å². The minimum Gasteiger partial charge on any atom is -0.393 e. The maximum absolute atomic E-state index is 12.5. The van der Waals surface area contributed by atoms with Crippen LogP contribution in [0.1, 0.15) is 91.9 Å². The van der Waals surface area contributed by atoms with Gasteiger partial charge in [0.2, 0.25) is 0 Å². The number of aliphatic hydroxyl groups excluding tert-OH is 5. The van der Waals surface area contributed by atoms with Gasteiger partial charge in [0.25, 0.3) is 0 Å². The molecule has 256 valence electrons. The topological polar surface area (TPSA) is 203 Å². The van der Waals surface area contributed by atoms with Crippen LogP contribution in [0, 0.1) is 40.4 Å². The first kappa shape index (κ1) is 34.9. The van der Waals surface area contributed by atoms with Gasteiger partial charge in [0.15, 0.2) is 6.29 Å². The lowest BCUT2D eigenvalue weighted by Crippen LogP contribution is -2.68. The highest BCUT2D eigenvalue weighted by molar-refractivity contribution is 7.80. The van der Waals surface area contributed by atoms with Crippen molar-refractivity contribution in [2.45, 2.75) is 147 Å². The number of ether oxygens (including phenoxy) is 2. The summed E-state index contributed by atoms with van der Waals surface area (Å²) in [4.78, 5) is 0. The smallest absolute Gasteiger partial charge is 0.393 e. The molecule has 5 fully saturated rings. The van der Waals surface area contributed by atoms with Crippen LogP contribution in [0.3, 0.4) is 0 Å². The van der Waals surface area contributed by atoms with E-state index in [1.165, 1.54) is 0 Å². The SMILES string of the molecule is CC[C@H](CC[C@@H](C)[C@H]1C[C@@H](O)C2[C@]3(O)C[C@H](O)C4C[C@@H](O)CC[C@]4(C)C3CC[C@@]21C)O[C@@H]1OC[C@@H](OS(=O)(=O)O)[C@H](O)[C@H]1O. The minimum absolute atomic E-state index is 0.0460. The quantitative estimate of drug-likeness (QED) is 0.178. The molecule has 12 nitrogen and oxygen atoms in total. The molecule has 4 saturated carbocycles. The van der Waals surface area contributed by atoms with Crippen LogP contribution in [-0.2, 0) is 24.1 Å². The van der Waals surface area contributed by atoms with Crippen LogP contribution >= 0.6 is 0 Å². The van der Waals surface area contributed by atoms with Crippen LogP contribution in [0.2, 0.25) is 0 Å². The minimum atomic E-state index is -4.84. The summed E-state index contributed by atoms with van der Waals surface area (Å²) in [5, 5.41) is 66.5. The van der Waals surface area contributed by atoms with Crippen molar-refractivity contribution in [2.75, 3.05) is 6.61 Å². The Bertz CT molecular complexity index is 1120. The van der Waals surface area contributed by atoms with Crippen molar-refractivity contribution in [1.82, 2.24) is 0 Å². The highest BCUT2D eigenvalue weighted by Crippen LogP contribution is 2.69. The standard InChI is InChI=1S/C31H54O12S/c1-5-18(42-28-26(36)25(35)23(15-41-28)43-44(38,39)40)7-6-16(2)19-13-21(33)27-30(19,4)11-9-24-29(3)10-8-17(32)12-20(29)22(34)14-31(24,27)37/h16-28,32-37H,5-15H2,1-4H3,(H,38,39,40)/t16-,17+,18-,19-,20?,21-,22+,23-,24?,25+,26-,27?,28+,29+,30-,31+/m1/s1. The lowest BCUT2D eigenvalue weighted by molar-refractivity contribution is -0.280. The second-order valence-corrected chi connectivity index (χ2v) is 16.3. The maximum Gasteiger partial charge on any atom is 0.397 e. The molecule has 5 rings (SSSR count). The highest BCUT2D eigenvalue weighted by atomic mass is 32.3. The summed E-state index contributed by atoms with van der Waals surface area (Å²) >= 11 is 0. The van der Waals surface area contributed by atoms with E-state index in [1.807, 2.05) is 6.92 Å². The van der Waals surface area contributed by atoms with Crippen molar-refractivity contribution < 1.29 is 57.3 Å². The molecule has 1 saturated heterocycles. The third kappa shape index (κ3) is 6.13. The van der Waals surface area contributed by atoms with Crippen molar-refractivity contribution >= 4 is 10.4 Å². The van der Waals surface area contributed by atoms with E-state index in [4.69, 9.17) is 14.0 Å². The van der Waals surface area contributed by atoms with Crippen molar-refractivity contribution in [3.05, 3.63) is 0 Å². The maximum atomic E-state index is 12.5. The van der Waals surface area contributed by atoms with Crippen molar-refractivity contribution in [3.63, 3.8) is 0 Å². The number of fused-ring (bicyclic) bond motifs is 5. The van der Waals surface area contributed by atoms with Crippen LogP contribution in [0.4, 0.5) is 0 Å². The molecular formula is C31H54O12S. The third-order valence-electron chi connectivity index (χ3n) is 12.8. The van der Waals surface area contributed by atoms with Gasteiger partial charge in [0, 0.05) is 12.3 Å². The van der Waals surface area contributed by atoms with Gasteiger partial charge in [-0.25, -0.2) is 4.18 Å². The molecule has 13 heteroatoms. The summed E-state index contributed by atoms with van der Waals surface area (Å²) in [5.41, 5.74) is -1.80. The average Bonchev–Trinajstić information content (AvgIpc) is 3.21. The summed E-state index contributed by atoms with van der Waals surface area (Å²) < 4.78 is 46.8. The zero-order valence-corrected chi connectivity index (χ0v) is 27.2. The first-order valence-electron chi connectivity index (χ1n) is 16.5. The van der Waals surface area contributed by atoms with Crippen molar-refractivity contribution in [1.29, 1.82) is 0 Å². The van der Waals surface area contributed by atoms with Crippen LogP contribution < -0.4 is 0 Å². The van der Waals surface area contributed by atoms with Gasteiger partial charge in [0.05, 0.1) is 36.6 Å². The summed E-state index contributed by atoms with van der Waals surface area (Å²) in [6.07, 6.45) is -1.63. The summed E-state index contributed by atoms with van der Waals surface area (Å²) in [6, 6.07) is 0. The summed E-state index contributed by atoms with van der Waals surface area (Å²) in [7, 11) is -4.84. The fourth-order valence-corrected chi connectivity index (χ4v) is 11.2. The van der Waals surface area contributed by atoms with Gasteiger partial charge >= 0.3 is 10.4 Å². The van der Waals surface area contributed by atoms with E-state index in [-0.39, 0.29) is 52.9 Å². The van der Waals surface area contributed by atoms with Crippen molar-refractivity contribution in [2.24, 2.45) is 40.4 Å². The zero-order valence-electron chi connectivity index (χ0n) is 26.4. The normalized spacial score (nSPS) is 50.8. The Morgan fingerprint density at radius 1 is 0.955 bits per heavy atom. The van der Waals surface area contributed by atoms with Crippen LogP contribution in [-0.4, -0.2) is 105 Å². The van der Waals surface area contributed by atoms with Crippen LogP contribution in [0.25, 0.3) is 0 Å².